The normalized spacial score (nSPS) is 24.0. The lowest BCUT2D eigenvalue weighted by atomic mass is 9.84. The molecule has 2 rings (SSSR count). The van der Waals surface area contributed by atoms with Crippen LogP contribution in [0.1, 0.15) is 46.0 Å². The van der Waals surface area contributed by atoms with Gasteiger partial charge in [-0.15, -0.1) is 0 Å². The molecule has 116 valence electrons. The minimum atomic E-state index is -3.11. The summed E-state index contributed by atoms with van der Waals surface area (Å²) in [5.41, 5.74) is 0.170. The van der Waals surface area contributed by atoms with E-state index in [2.05, 4.69) is 6.92 Å². The highest BCUT2D eigenvalue weighted by Gasteiger charge is 2.34. The molecule has 0 N–H and O–H groups in total. The Balaban J connectivity index is 1.86. The first-order valence-electron chi connectivity index (χ1n) is 7.62. The Bertz CT molecular complexity index is 447. The maximum Gasteiger partial charge on any atom is 0.223 e. The zero-order chi connectivity index (χ0) is 14.8. The molecule has 2 aliphatic rings. The van der Waals surface area contributed by atoms with Gasteiger partial charge in [-0.2, -0.15) is 4.31 Å². The Morgan fingerprint density at radius 3 is 2.15 bits per heavy atom. The van der Waals surface area contributed by atoms with Crippen LogP contribution in [0, 0.1) is 5.41 Å². The van der Waals surface area contributed by atoms with Crippen molar-refractivity contribution in [2.45, 2.75) is 46.0 Å². The number of hydrogen-bond donors (Lipinski definition) is 0. The lowest BCUT2D eigenvalue weighted by Gasteiger charge is -2.35. The van der Waals surface area contributed by atoms with Crippen LogP contribution in [0.4, 0.5) is 0 Å². The van der Waals surface area contributed by atoms with E-state index in [1.165, 1.54) is 17.1 Å². The molecule has 0 unspecified atom stereocenters. The minimum absolute atomic E-state index is 0.138. The van der Waals surface area contributed by atoms with E-state index < -0.39 is 10.0 Å². The zero-order valence-electron chi connectivity index (χ0n) is 12.6. The number of amides is 1. The first-order valence-corrected chi connectivity index (χ1v) is 9.23. The monoisotopic (exact) mass is 302 g/mol. The standard InChI is InChI=1S/C14H26N2O3S/c1-3-20(18,19)16-10-8-15(9-11-16)13(17)12-14(2)6-4-5-7-14/h3-12H2,1-2H3. The van der Waals surface area contributed by atoms with Crippen molar-refractivity contribution in [3.63, 3.8) is 0 Å². The maximum atomic E-state index is 12.3. The van der Waals surface area contributed by atoms with Gasteiger partial charge in [0.05, 0.1) is 5.75 Å². The highest BCUT2D eigenvalue weighted by atomic mass is 32.2. The van der Waals surface area contributed by atoms with Crippen molar-refractivity contribution in [1.29, 1.82) is 0 Å². The summed E-state index contributed by atoms with van der Waals surface area (Å²) in [5.74, 6) is 0.335. The van der Waals surface area contributed by atoms with Gasteiger partial charge in [0.15, 0.2) is 0 Å². The molecule has 1 amide bonds. The van der Waals surface area contributed by atoms with Crippen LogP contribution in [0.3, 0.4) is 0 Å². The van der Waals surface area contributed by atoms with Crippen LogP contribution >= 0.6 is 0 Å². The summed E-state index contributed by atoms with van der Waals surface area (Å²) in [5, 5.41) is 0. The van der Waals surface area contributed by atoms with E-state index in [1.54, 1.807) is 6.92 Å². The molecule has 1 aliphatic heterocycles. The average molecular weight is 302 g/mol. The molecule has 1 aliphatic carbocycles. The molecule has 6 heteroatoms. The number of rotatable bonds is 4. The van der Waals surface area contributed by atoms with Crippen molar-refractivity contribution < 1.29 is 13.2 Å². The fraction of sp³-hybridized carbons (Fsp3) is 0.929. The van der Waals surface area contributed by atoms with Gasteiger partial charge in [0.2, 0.25) is 15.9 Å². The lowest BCUT2D eigenvalue weighted by Crippen LogP contribution is -2.51. The summed E-state index contributed by atoms with van der Waals surface area (Å²) < 4.78 is 25.1. The van der Waals surface area contributed by atoms with Crippen LogP contribution in [0.2, 0.25) is 0 Å². The first kappa shape index (κ1) is 15.8. The second-order valence-electron chi connectivity index (χ2n) is 6.37. The minimum Gasteiger partial charge on any atom is -0.340 e. The molecule has 0 bridgehead atoms. The third-order valence-corrected chi connectivity index (χ3v) is 6.62. The van der Waals surface area contributed by atoms with Crippen molar-refractivity contribution >= 4 is 15.9 Å². The van der Waals surface area contributed by atoms with Crippen LogP contribution in [-0.2, 0) is 14.8 Å². The van der Waals surface area contributed by atoms with Gasteiger partial charge in [0.1, 0.15) is 0 Å². The second kappa shape index (κ2) is 6.02. The van der Waals surface area contributed by atoms with E-state index in [9.17, 15) is 13.2 Å². The highest BCUT2D eigenvalue weighted by Crippen LogP contribution is 2.40. The predicted octanol–water partition coefficient (Wildman–Crippen LogP) is 1.45. The summed E-state index contributed by atoms with van der Waals surface area (Å²) in [4.78, 5) is 14.2. The number of sulfonamides is 1. The molecule has 2 fully saturated rings. The van der Waals surface area contributed by atoms with Crippen LogP contribution in [0.5, 0.6) is 0 Å². The molecule has 1 heterocycles. The van der Waals surface area contributed by atoms with Gasteiger partial charge in [0, 0.05) is 32.6 Å². The summed E-state index contributed by atoms with van der Waals surface area (Å²) >= 11 is 0. The van der Waals surface area contributed by atoms with Gasteiger partial charge in [0.25, 0.3) is 0 Å². The van der Waals surface area contributed by atoms with Crippen LogP contribution < -0.4 is 0 Å². The smallest absolute Gasteiger partial charge is 0.223 e. The van der Waals surface area contributed by atoms with Gasteiger partial charge < -0.3 is 4.90 Å². The summed E-state index contributed by atoms with van der Waals surface area (Å²) in [6.45, 7) is 5.82. The molecule has 0 aromatic carbocycles. The van der Waals surface area contributed by atoms with E-state index in [-0.39, 0.29) is 17.1 Å². The average Bonchev–Trinajstić information content (AvgIpc) is 2.85. The number of piperazine rings is 1. The van der Waals surface area contributed by atoms with Crippen molar-refractivity contribution in [2.24, 2.45) is 5.41 Å². The van der Waals surface area contributed by atoms with E-state index in [0.29, 0.717) is 32.6 Å². The van der Waals surface area contributed by atoms with Crippen LogP contribution in [0.15, 0.2) is 0 Å². The van der Waals surface area contributed by atoms with Crippen molar-refractivity contribution in [2.75, 3.05) is 31.9 Å². The number of hydrogen-bond acceptors (Lipinski definition) is 3. The Kier molecular flexibility index (Phi) is 4.74. The summed E-state index contributed by atoms with van der Waals surface area (Å²) in [6, 6.07) is 0. The largest absolute Gasteiger partial charge is 0.340 e. The molecule has 5 nitrogen and oxygen atoms in total. The molecule has 1 saturated heterocycles. The molecular weight excluding hydrogens is 276 g/mol. The third-order valence-electron chi connectivity index (χ3n) is 4.74. The number of carbonyl (C=O) groups excluding carboxylic acids is 1. The van der Waals surface area contributed by atoms with E-state index in [0.717, 1.165) is 12.8 Å². The summed E-state index contributed by atoms with van der Waals surface area (Å²) in [7, 11) is -3.11. The summed E-state index contributed by atoms with van der Waals surface area (Å²) in [6.07, 6.45) is 5.36. The molecule has 20 heavy (non-hydrogen) atoms. The molecule has 0 aromatic rings. The van der Waals surface area contributed by atoms with Gasteiger partial charge in [-0.1, -0.05) is 19.8 Å². The van der Waals surface area contributed by atoms with E-state index in [4.69, 9.17) is 0 Å². The first-order chi connectivity index (χ1) is 9.36. The van der Waals surface area contributed by atoms with Gasteiger partial charge >= 0.3 is 0 Å². The van der Waals surface area contributed by atoms with Crippen molar-refractivity contribution in [1.82, 2.24) is 9.21 Å². The topological polar surface area (TPSA) is 57.7 Å². The van der Waals surface area contributed by atoms with Crippen LogP contribution in [-0.4, -0.2) is 55.5 Å². The Morgan fingerprint density at radius 1 is 1.10 bits per heavy atom. The quantitative estimate of drug-likeness (QED) is 0.790. The van der Waals surface area contributed by atoms with Gasteiger partial charge in [-0.3, -0.25) is 4.79 Å². The van der Waals surface area contributed by atoms with E-state index in [1.807, 2.05) is 4.90 Å². The second-order valence-corrected chi connectivity index (χ2v) is 8.63. The Labute approximate surface area is 122 Å². The number of carbonyl (C=O) groups is 1. The predicted molar refractivity (Wildman–Crippen MR) is 78.8 cm³/mol. The molecular formula is C14H26N2O3S. The molecule has 0 spiro atoms. The van der Waals surface area contributed by atoms with Crippen LogP contribution in [0.25, 0.3) is 0 Å². The molecule has 0 radical (unpaired) electrons. The third kappa shape index (κ3) is 3.52. The maximum absolute atomic E-state index is 12.3. The Hall–Kier alpha value is -0.620. The Morgan fingerprint density at radius 2 is 1.65 bits per heavy atom. The zero-order valence-corrected chi connectivity index (χ0v) is 13.4. The van der Waals surface area contributed by atoms with Gasteiger partial charge in [-0.05, 0) is 25.2 Å². The number of nitrogens with zero attached hydrogens (tertiary/aromatic N) is 2. The van der Waals surface area contributed by atoms with Crippen molar-refractivity contribution in [3.8, 4) is 0 Å². The fourth-order valence-corrected chi connectivity index (χ4v) is 4.37. The molecule has 0 atom stereocenters. The fourth-order valence-electron chi connectivity index (χ4n) is 3.28. The SMILES string of the molecule is CCS(=O)(=O)N1CCN(C(=O)CC2(C)CCCC2)CC1. The highest BCUT2D eigenvalue weighted by molar-refractivity contribution is 7.89. The molecule has 1 saturated carbocycles. The lowest BCUT2D eigenvalue weighted by molar-refractivity contribution is -0.134. The van der Waals surface area contributed by atoms with E-state index >= 15 is 0 Å². The molecule has 0 aromatic heterocycles. The van der Waals surface area contributed by atoms with Crippen molar-refractivity contribution in [3.05, 3.63) is 0 Å². The van der Waals surface area contributed by atoms with Gasteiger partial charge in [-0.25, -0.2) is 8.42 Å².